The maximum absolute atomic E-state index is 12.5. The van der Waals surface area contributed by atoms with Crippen LogP contribution in [0.2, 0.25) is 0 Å². The lowest BCUT2D eigenvalue weighted by Gasteiger charge is -2.26. The second-order valence-corrected chi connectivity index (χ2v) is 7.18. The summed E-state index contributed by atoms with van der Waals surface area (Å²) >= 11 is 0. The summed E-state index contributed by atoms with van der Waals surface area (Å²) in [5.74, 6) is 0.262. The third-order valence-corrected chi connectivity index (χ3v) is 5.18. The van der Waals surface area contributed by atoms with E-state index >= 15 is 0 Å². The third kappa shape index (κ3) is 4.99. The lowest BCUT2D eigenvalue weighted by molar-refractivity contribution is -0.126. The standard InChI is InChI=1S/C20H29N3O4/c1-15-4-5-18(26-2)17(12-15)23-14-16(13-19(23)24)20(25)21-6-3-7-22-8-10-27-11-9-22/h4-5,12,16H,3,6-11,13-14H2,1-2H3,(H,21,25). The highest BCUT2D eigenvalue weighted by Gasteiger charge is 2.36. The summed E-state index contributed by atoms with van der Waals surface area (Å²) in [6.45, 7) is 7.45. The third-order valence-electron chi connectivity index (χ3n) is 5.18. The number of carbonyl (C=O) groups is 2. The number of nitrogens with one attached hydrogen (secondary N) is 1. The van der Waals surface area contributed by atoms with E-state index in [4.69, 9.17) is 9.47 Å². The van der Waals surface area contributed by atoms with Gasteiger partial charge in [0.1, 0.15) is 5.75 Å². The van der Waals surface area contributed by atoms with Crippen LogP contribution in [-0.2, 0) is 14.3 Å². The fraction of sp³-hybridized carbons (Fsp3) is 0.600. The van der Waals surface area contributed by atoms with Crippen LogP contribution in [-0.4, -0.2) is 69.8 Å². The molecule has 0 radical (unpaired) electrons. The average molecular weight is 375 g/mol. The number of hydrogen-bond donors (Lipinski definition) is 1. The molecule has 27 heavy (non-hydrogen) atoms. The first-order valence-electron chi connectivity index (χ1n) is 9.61. The number of rotatable bonds is 7. The van der Waals surface area contributed by atoms with E-state index in [1.165, 1.54) is 0 Å². The number of methoxy groups -OCH3 is 1. The van der Waals surface area contributed by atoms with Gasteiger partial charge in [-0.1, -0.05) is 6.07 Å². The van der Waals surface area contributed by atoms with Gasteiger partial charge < -0.3 is 19.7 Å². The van der Waals surface area contributed by atoms with Gasteiger partial charge in [-0.25, -0.2) is 0 Å². The number of aryl methyl sites for hydroxylation is 1. The number of amides is 2. The van der Waals surface area contributed by atoms with Crippen molar-refractivity contribution in [3.05, 3.63) is 23.8 Å². The molecule has 0 bridgehead atoms. The molecule has 3 rings (SSSR count). The van der Waals surface area contributed by atoms with Gasteiger partial charge in [-0.2, -0.15) is 0 Å². The van der Waals surface area contributed by atoms with Crippen molar-refractivity contribution in [3.8, 4) is 5.75 Å². The zero-order valence-electron chi connectivity index (χ0n) is 16.2. The van der Waals surface area contributed by atoms with Gasteiger partial charge >= 0.3 is 0 Å². The Morgan fingerprint density at radius 3 is 2.85 bits per heavy atom. The molecule has 1 aromatic rings. The minimum Gasteiger partial charge on any atom is -0.495 e. The van der Waals surface area contributed by atoms with Crippen molar-refractivity contribution >= 4 is 17.5 Å². The molecule has 148 valence electrons. The summed E-state index contributed by atoms with van der Waals surface area (Å²) in [7, 11) is 1.59. The van der Waals surface area contributed by atoms with Crippen LogP contribution in [0, 0.1) is 12.8 Å². The molecule has 1 N–H and O–H groups in total. The summed E-state index contributed by atoms with van der Waals surface area (Å²) < 4.78 is 10.7. The molecule has 2 saturated heterocycles. The van der Waals surface area contributed by atoms with Crippen LogP contribution in [0.15, 0.2) is 18.2 Å². The molecule has 7 heteroatoms. The van der Waals surface area contributed by atoms with Gasteiger partial charge in [0.2, 0.25) is 11.8 Å². The molecule has 1 atom stereocenters. The van der Waals surface area contributed by atoms with Crippen molar-refractivity contribution in [2.45, 2.75) is 19.8 Å². The summed E-state index contributed by atoms with van der Waals surface area (Å²) in [6, 6.07) is 5.73. The zero-order valence-corrected chi connectivity index (χ0v) is 16.2. The minimum atomic E-state index is -0.314. The molecule has 2 fully saturated rings. The highest BCUT2D eigenvalue weighted by molar-refractivity contribution is 6.01. The maximum atomic E-state index is 12.5. The highest BCUT2D eigenvalue weighted by Crippen LogP contribution is 2.33. The number of anilines is 1. The van der Waals surface area contributed by atoms with Crippen molar-refractivity contribution in [1.82, 2.24) is 10.2 Å². The Bertz CT molecular complexity index is 673. The Balaban J connectivity index is 1.49. The minimum absolute atomic E-state index is 0.0348. The molecule has 2 aliphatic heterocycles. The SMILES string of the molecule is COc1ccc(C)cc1N1CC(C(=O)NCCCN2CCOCC2)CC1=O. The van der Waals surface area contributed by atoms with Gasteiger partial charge in [0.05, 0.1) is 31.9 Å². The van der Waals surface area contributed by atoms with Crippen molar-refractivity contribution in [1.29, 1.82) is 0 Å². The smallest absolute Gasteiger partial charge is 0.227 e. The highest BCUT2D eigenvalue weighted by atomic mass is 16.5. The first kappa shape index (κ1) is 19.6. The van der Waals surface area contributed by atoms with E-state index in [1.54, 1.807) is 12.0 Å². The van der Waals surface area contributed by atoms with Gasteiger partial charge in [0, 0.05) is 32.6 Å². The fourth-order valence-electron chi connectivity index (χ4n) is 3.61. The second kappa shape index (κ2) is 9.19. The normalized spacial score (nSPS) is 20.7. The quantitative estimate of drug-likeness (QED) is 0.725. The first-order valence-corrected chi connectivity index (χ1v) is 9.61. The van der Waals surface area contributed by atoms with Crippen LogP contribution in [0.1, 0.15) is 18.4 Å². The van der Waals surface area contributed by atoms with E-state index in [0.717, 1.165) is 50.5 Å². The Morgan fingerprint density at radius 2 is 2.11 bits per heavy atom. The summed E-state index contributed by atoms with van der Waals surface area (Å²) in [4.78, 5) is 29.0. The predicted octanol–water partition coefficient (Wildman–Crippen LogP) is 1.20. The number of nitrogens with zero attached hydrogens (tertiary/aromatic N) is 2. The van der Waals surface area contributed by atoms with Crippen LogP contribution in [0.4, 0.5) is 5.69 Å². The van der Waals surface area contributed by atoms with Gasteiger partial charge in [-0.15, -0.1) is 0 Å². The van der Waals surface area contributed by atoms with E-state index in [2.05, 4.69) is 10.2 Å². The molecule has 0 aromatic heterocycles. The average Bonchev–Trinajstić information content (AvgIpc) is 3.07. The molecule has 7 nitrogen and oxygen atoms in total. The zero-order chi connectivity index (χ0) is 19.2. The number of carbonyl (C=O) groups excluding carboxylic acids is 2. The van der Waals surface area contributed by atoms with Crippen LogP contribution < -0.4 is 15.0 Å². The molecular weight excluding hydrogens is 346 g/mol. The van der Waals surface area contributed by atoms with Crippen molar-refractivity contribution in [2.24, 2.45) is 5.92 Å². The Labute approximate surface area is 160 Å². The topological polar surface area (TPSA) is 71.1 Å². The molecule has 1 aromatic carbocycles. The molecule has 2 aliphatic rings. The van der Waals surface area contributed by atoms with E-state index < -0.39 is 0 Å². The Morgan fingerprint density at radius 1 is 1.33 bits per heavy atom. The first-order chi connectivity index (χ1) is 13.1. The molecule has 0 aliphatic carbocycles. The van der Waals surface area contributed by atoms with Gasteiger partial charge in [0.15, 0.2) is 0 Å². The Kier molecular flexibility index (Phi) is 6.68. The number of benzene rings is 1. The fourth-order valence-corrected chi connectivity index (χ4v) is 3.61. The second-order valence-electron chi connectivity index (χ2n) is 7.18. The molecule has 0 saturated carbocycles. The maximum Gasteiger partial charge on any atom is 0.227 e. The number of hydrogen-bond acceptors (Lipinski definition) is 5. The van der Waals surface area contributed by atoms with E-state index in [1.807, 2.05) is 25.1 Å². The number of morpholine rings is 1. The van der Waals surface area contributed by atoms with Gasteiger partial charge in [-0.05, 0) is 37.6 Å². The summed E-state index contributed by atoms with van der Waals surface area (Å²) in [5.41, 5.74) is 1.79. The lowest BCUT2D eigenvalue weighted by atomic mass is 10.1. The van der Waals surface area contributed by atoms with Gasteiger partial charge in [0.25, 0.3) is 0 Å². The van der Waals surface area contributed by atoms with Crippen LogP contribution in [0.25, 0.3) is 0 Å². The van der Waals surface area contributed by atoms with Crippen LogP contribution in [0.3, 0.4) is 0 Å². The molecule has 2 amide bonds. The molecular formula is C20H29N3O4. The van der Waals surface area contributed by atoms with Crippen LogP contribution >= 0.6 is 0 Å². The predicted molar refractivity (Wildman–Crippen MR) is 103 cm³/mol. The van der Waals surface area contributed by atoms with E-state index in [9.17, 15) is 9.59 Å². The van der Waals surface area contributed by atoms with Crippen molar-refractivity contribution in [3.63, 3.8) is 0 Å². The Hall–Kier alpha value is -2.12. The van der Waals surface area contributed by atoms with E-state index in [-0.39, 0.29) is 24.2 Å². The monoisotopic (exact) mass is 375 g/mol. The van der Waals surface area contributed by atoms with E-state index in [0.29, 0.717) is 18.8 Å². The molecule has 1 unspecified atom stereocenters. The van der Waals surface area contributed by atoms with Gasteiger partial charge in [-0.3, -0.25) is 14.5 Å². The molecule has 2 heterocycles. The lowest BCUT2D eigenvalue weighted by Crippen LogP contribution is -2.39. The van der Waals surface area contributed by atoms with Crippen molar-refractivity contribution < 1.29 is 19.1 Å². The largest absolute Gasteiger partial charge is 0.495 e. The number of ether oxygens (including phenoxy) is 2. The summed E-state index contributed by atoms with van der Waals surface area (Å²) in [6.07, 6.45) is 1.15. The van der Waals surface area contributed by atoms with Crippen molar-refractivity contribution in [2.75, 3.05) is 57.9 Å². The molecule has 0 spiro atoms. The summed E-state index contributed by atoms with van der Waals surface area (Å²) in [5, 5.41) is 2.99. The van der Waals surface area contributed by atoms with Crippen LogP contribution in [0.5, 0.6) is 5.75 Å².